The normalized spacial score (nSPS) is 15.0. The number of nitrogens with one attached hydrogen (secondary N) is 4. The predicted octanol–water partition coefficient (Wildman–Crippen LogP) is 4.65. The second kappa shape index (κ2) is 16.9. The molecule has 1 saturated heterocycles. The molecule has 5 aromatic carbocycles. The zero-order valence-corrected chi connectivity index (χ0v) is 28.8. The van der Waals surface area contributed by atoms with Crippen molar-refractivity contribution in [2.45, 2.75) is 50.2 Å². The maximum Gasteiger partial charge on any atom is 0.328 e. The van der Waals surface area contributed by atoms with Crippen LogP contribution < -0.4 is 21.3 Å². The van der Waals surface area contributed by atoms with Crippen molar-refractivity contribution in [2.75, 3.05) is 20.2 Å². The number of hydrogen-bond donors (Lipinski definition) is 4. The Morgan fingerprint density at radius 3 is 1.61 bits per heavy atom. The quantitative estimate of drug-likeness (QED) is 0.134. The number of carbonyl (C=O) groups excluding carboxylic acids is 4. The Balaban J connectivity index is 1.28. The number of carbonyl (C=O) groups is 4. The van der Waals surface area contributed by atoms with Crippen LogP contribution in [0.2, 0.25) is 0 Å². The highest BCUT2D eigenvalue weighted by Gasteiger charge is 2.32. The number of amides is 3. The second-order valence-electron chi connectivity index (χ2n) is 13.2. The molecule has 1 aliphatic rings. The van der Waals surface area contributed by atoms with Crippen LogP contribution in [0.4, 0.5) is 0 Å². The Morgan fingerprint density at radius 1 is 0.588 bits per heavy atom. The summed E-state index contributed by atoms with van der Waals surface area (Å²) >= 11 is 0. The fraction of sp³-hybridized carbons (Fsp3) is 0.286. The summed E-state index contributed by atoms with van der Waals surface area (Å²) in [6, 6.07) is 34.2. The molecule has 0 aromatic heterocycles. The van der Waals surface area contributed by atoms with Gasteiger partial charge in [-0.2, -0.15) is 0 Å². The van der Waals surface area contributed by atoms with Gasteiger partial charge in [-0.3, -0.25) is 14.4 Å². The summed E-state index contributed by atoms with van der Waals surface area (Å²) in [4.78, 5) is 54.9. The minimum atomic E-state index is -1.06. The molecule has 0 aliphatic carbocycles. The Hall–Kier alpha value is -5.54. The average Bonchev–Trinajstić information content (AvgIpc) is 3.17. The zero-order valence-electron chi connectivity index (χ0n) is 28.8. The molecule has 0 bridgehead atoms. The van der Waals surface area contributed by atoms with Gasteiger partial charge in [0.05, 0.1) is 7.11 Å². The van der Waals surface area contributed by atoms with Crippen molar-refractivity contribution in [3.05, 3.63) is 132 Å². The third kappa shape index (κ3) is 9.38. The maximum atomic E-state index is 14.3. The first-order valence-electron chi connectivity index (χ1n) is 17.6. The zero-order chi connectivity index (χ0) is 35.6. The molecular formula is C42H44N4O5. The number of fused-ring (bicyclic) bond motifs is 2. The van der Waals surface area contributed by atoms with Crippen molar-refractivity contribution in [1.82, 2.24) is 21.3 Å². The first-order chi connectivity index (χ1) is 24.9. The molecule has 0 radical (unpaired) electrons. The first kappa shape index (κ1) is 35.3. The predicted molar refractivity (Wildman–Crippen MR) is 199 cm³/mol. The fourth-order valence-electron chi connectivity index (χ4n) is 6.73. The number of esters is 1. The van der Waals surface area contributed by atoms with E-state index in [-0.39, 0.29) is 31.1 Å². The molecule has 6 rings (SSSR count). The van der Waals surface area contributed by atoms with E-state index in [1.54, 1.807) is 0 Å². The van der Waals surface area contributed by atoms with Gasteiger partial charge in [0.15, 0.2) is 0 Å². The number of piperidine rings is 1. The van der Waals surface area contributed by atoms with Crippen LogP contribution in [-0.4, -0.2) is 62.0 Å². The Morgan fingerprint density at radius 2 is 1.06 bits per heavy atom. The molecule has 1 fully saturated rings. The molecule has 51 heavy (non-hydrogen) atoms. The van der Waals surface area contributed by atoms with Gasteiger partial charge in [-0.25, -0.2) is 4.79 Å². The molecule has 9 nitrogen and oxygen atoms in total. The third-order valence-corrected chi connectivity index (χ3v) is 9.57. The Bertz CT molecular complexity index is 1990. The highest BCUT2D eigenvalue weighted by atomic mass is 16.5. The SMILES string of the molecule is COC(=O)C(Cc1ccccc1)NC(=O)C(Cc1ccc2ccccc2c1)NC(=O)C(Cc1ccc2ccccc2c1)NC(=O)C1CCNCC1. The minimum absolute atomic E-state index is 0.159. The van der Waals surface area contributed by atoms with Crippen molar-refractivity contribution in [2.24, 2.45) is 5.92 Å². The van der Waals surface area contributed by atoms with Crippen LogP contribution in [0.15, 0.2) is 115 Å². The van der Waals surface area contributed by atoms with Crippen LogP contribution in [0.1, 0.15) is 29.5 Å². The highest BCUT2D eigenvalue weighted by molar-refractivity contribution is 5.94. The van der Waals surface area contributed by atoms with Crippen LogP contribution in [0.25, 0.3) is 21.5 Å². The van der Waals surface area contributed by atoms with Gasteiger partial charge in [0.2, 0.25) is 17.7 Å². The average molecular weight is 685 g/mol. The van der Waals surface area contributed by atoms with Gasteiger partial charge in [0, 0.05) is 25.2 Å². The van der Waals surface area contributed by atoms with E-state index in [4.69, 9.17) is 4.74 Å². The monoisotopic (exact) mass is 684 g/mol. The molecule has 5 aromatic rings. The van der Waals surface area contributed by atoms with Crippen molar-refractivity contribution >= 4 is 45.2 Å². The molecule has 1 aliphatic heterocycles. The summed E-state index contributed by atoms with van der Waals surface area (Å²) in [6.45, 7) is 1.47. The molecule has 3 atom stereocenters. The van der Waals surface area contributed by atoms with Gasteiger partial charge in [0.25, 0.3) is 0 Å². The summed E-state index contributed by atoms with van der Waals surface area (Å²) < 4.78 is 5.06. The third-order valence-electron chi connectivity index (χ3n) is 9.57. The van der Waals surface area contributed by atoms with Gasteiger partial charge >= 0.3 is 5.97 Å². The summed E-state index contributed by atoms with van der Waals surface area (Å²) in [6.07, 6.45) is 1.97. The van der Waals surface area contributed by atoms with E-state index in [0.717, 1.165) is 51.3 Å². The van der Waals surface area contributed by atoms with E-state index >= 15 is 0 Å². The minimum Gasteiger partial charge on any atom is -0.467 e. The van der Waals surface area contributed by atoms with Crippen molar-refractivity contribution < 1.29 is 23.9 Å². The topological polar surface area (TPSA) is 126 Å². The van der Waals surface area contributed by atoms with Gasteiger partial charge in [-0.15, -0.1) is 0 Å². The number of ether oxygens (including phenoxy) is 1. The molecule has 3 unspecified atom stereocenters. The largest absolute Gasteiger partial charge is 0.467 e. The molecule has 262 valence electrons. The number of benzene rings is 5. The van der Waals surface area contributed by atoms with E-state index in [1.165, 1.54) is 7.11 Å². The number of rotatable bonds is 13. The lowest BCUT2D eigenvalue weighted by Gasteiger charge is -2.27. The van der Waals surface area contributed by atoms with E-state index in [2.05, 4.69) is 21.3 Å². The number of hydrogen-bond acceptors (Lipinski definition) is 6. The van der Waals surface area contributed by atoms with Gasteiger partial charge in [0.1, 0.15) is 18.1 Å². The molecule has 1 heterocycles. The van der Waals surface area contributed by atoms with Crippen LogP contribution in [0.3, 0.4) is 0 Å². The summed E-state index contributed by atoms with van der Waals surface area (Å²) in [5.41, 5.74) is 2.56. The summed E-state index contributed by atoms with van der Waals surface area (Å²) in [5, 5.41) is 16.3. The van der Waals surface area contributed by atoms with Crippen LogP contribution >= 0.6 is 0 Å². The molecule has 0 spiro atoms. The molecule has 0 saturated carbocycles. The maximum absolute atomic E-state index is 14.3. The van der Waals surface area contributed by atoms with Crippen molar-refractivity contribution in [3.8, 4) is 0 Å². The molecule has 4 N–H and O–H groups in total. The van der Waals surface area contributed by atoms with Gasteiger partial charge < -0.3 is 26.0 Å². The molecule has 9 heteroatoms. The Kier molecular flexibility index (Phi) is 11.7. The first-order valence-corrected chi connectivity index (χ1v) is 17.6. The highest BCUT2D eigenvalue weighted by Crippen LogP contribution is 2.20. The smallest absolute Gasteiger partial charge is 0.328 e. The Labute approximate surface area is 298 Å². The summed E-state index contributed by atoms with van der Waals surface area (Å²) in [5.74, 6) is -2.00. The van der Waals surface area contributed by atoms with E-state index < -0.39 is 35.9 Å². The summed E-state index contributed by atoms with van der Waals surface area (Å²) in [7, 11) is 1.28. The second-order valence-corrected chi connectivity index (χ2v) is 13.2. The lowest BCUT2D eigenvalue weighted by Crippen LogP contribution is -2.57. The lowest BCUT2D eigenvalue weighted by molar-refractivity contribution is -0.145. The van der Waals surface area contributed by atoms with E-state index in [9.17, 15) is 19.2 Å². The van der Waals surface area contributed by atoms with Crippen molar-refractivity contribution in [1.29, 1.82) is 0 Å². The van der Waals surface area contributed by atoms with E-state index in [1.807, 2.05) is 115 Å². The number of methoxy groups -OCH3 is 1. The standard InChI is InChI=1S/C42H44N4O5/c1-51-42(50)38(25-28-9-3-2-4-10-28)46-41(49)37(27-30-16-18-32-12-6-8-14-35(32)24-30)45-40(48)36(44-39(47)33-19-21-43-22-20-33)26-29-15-17-31-11-5-7-13-34(31)23-29/h2-18,23-24,33,36-38,43H,19-22,25-27H2,1H3,(H,44,47)(H,45,48)(H,46,49). The lowest BCUT2D eigenvalue weighted by atomic mass is 9.95. The molecule has 3 amide bonds. The molecular weight excluding hydrogens is 640 g/mol. The fourth-order valence-corrected chi connectivity index (χ4v) is 6.73. The van der Waals surface area contributed by atoms with Crippen molar-refractivity contribution in [3.63, 3.8) is 0 Å². The van der Waals surface area contributed by atoms with E-state index in [0.29, 0.717) is 12.8 Å². The van der Waals surface area contributed by atoms with Crippen LogP contribution in [-0.2, 0) is 43.2 Å². The van der Waals surface area contributed by atoms with Crippen LogP contribution in [0.5, 0.6) is 0 Å². The van der Waals surface area contributed by atoms with Gasteiger partial charge in [-0.1, -0.05) is 115 Å². The van der Waals surface area contributed by atoms with Gasteiger partial charge in [-0.05, 0) is 64.2 Å². The van der Waals surface area contributed by atoms with Crippen LogP contribution in [0, 0.1) is 5.92 Å².